The number of nitrogens with one attached hydrogen (secondary N) is 2. The second-order valence-corrected chi connectivity index (χ2v) is 11.2. The van der Waals surface area contributed by atoms with Crippen LogP contribution in [0.2, 0.25) is 6.82 Å². The Labute approximate surface area is 204 Å². The summed E-state index contributed by atoms with van der Waals surface area (Å²) >= 11 is 4.50. The highest BCUT2D eigenvalue weighted by atomic mass is 127. The standard InChI is InChI=1S/C20H43B2I2N3O/c1-7-9-11-13-15-17-19(3,16-14-12-10-8-2)18(28)25-20(4,21-26-23)22(5)27(6)24/h21,26H,7-17H2,1-6H3,(H,25,28). The van der Waals surface area contributed by atoms with Gasteiger partial charge in [-0.3, -0.25) is 7.82 Å². The third kappa shape index (κ3) is 10.8. The number of halogens is 2. The van der Waals surface area contributed by atoms with Gasteiger partial charge in [0.1, 0.15) is 0 Å². The van der Waals surface area contributed by atoms with E-state index in [9.17, 15) is 4.79 Å². The third-order valence-electron chi connectivity index (χ3n) is 6.25. The Morgan fingerprint density at radius 1 is 1.00 bits per heavy atom. The zero-order valence-corrected chi connectivity index (χ0v) is 23.5. The Morgan fingerprint density at radius 3 is 1.89 bits per heavy atom. The van der Waals surface area contributed by atoms with Crippen LogP contribution >= 0.6 is 45.7 Å². The van der Waals surface area contributed by atoms with E-state index in [-0.39, 0.29) is 23.5 Å². The molecule has 0 aromatic carbocycles. The lowest BCUT2D eigenvalue weighted by Gasteiger charge is -2.39. The molecule has 0 bridgehead atoms. The van der Waals surface area contributed by atoms with Gasteiger partial charge in [0.05, 0.1) is 0 Å². The maximum absolute atomic E-state index is 13.5. The van der Waals surface area contributed by atoms with Crippen molar-refractivity contribution in [2.24, 2.45) is 5.41 Å². The predicted octanol–water partition coefficient (Wildman–Crippen LogP) is 5.89. The zero-order chi connectivity index (χ0) is 21.6. The van der Waals surface area contributed by atoms with Crippen LogP contribution in [0.1, 0.15) is 98.3 Å². The van der Waals surface area contributed by atoms with Crippen LogP contribution < -0.4 is 8.76 Å². The molecule has 164 valence electrons. The van der Waals surface area contributed by atoms with E-state index in [0.29, 0.717) is 0 Å². The van der Waals surface area contributed by atoms with Gasteiger partial charge in [0.25, 0.3) is 0 Å². The topological polar surface area (TPSA) is 44.4 Å². The molecule has 0 saturated carbocycles. The molecule has 0 spiro atoms. The average Bonchev–Trinajstić information content (AvgIpc) is 2.64. The fourth-order valence-corrected chi connectivity index (χ4v) is 5.06. The molecular weight excluding hydrogens is 574 g/mol. The molecule has 28 heavy (non-hydrogen) atoms. The normalized spacial score (nSPS) is 15.8. The number of nitrogens with zero attached hydrogens (tertiary/aromatic N) is 1. The van der Waals surface area contributed by atoms with Crippen molar-refractivity contribution >= 4 is 65.9 Å². The summed E-state index contributed by atoms with van der Waals surface area (Å²) in [5.74, 6) is 0.235. The summed E-state index contributed by atoms with van der Waals surface area (Å²) in [6, 6.07) is 0. The number of carbonyl (C=O) groups is 1. The minimum Gasteiger partial charge on any atom is -0.362 e. The van der Waals surface area contributed by atoms with Crippen molar-refractivity contribution in [3.8, 4) is 0 Å². The Balaban J connectivity index is 5.16. The Hall–Kier alpha value is 0.980. The molecule has 8 heteroatoms. The number of hydrogen-bond donors (Lipinski definition) is 2. The molecule has 0 aromatic heterocycles. The first-order valence-corrected chi connectivity index (χ1v) is 13.3. The summed E-state index contributed by atoms with van der Waals surface area (Å²) in [5, 5.41) is 3.15. The molecule has 0 fully saturated rings. The fraction of sp³-hybridized carbons (Fsp3) is 0.950. The van der Waals surface area contributed by atoms with Crippen LogP contribution in [0.5, 0.6) is 0 Å². The average molecular weight is 617 g/mol. The van der Waals surface area contributed by atoms with E-state index in [4.69, 9.17) is 0 Å². The van der Waals surface area contributed by atoms with E-state index in [2.05, 4.69) is 99.1 Å². The van der Waals surface area contributed by atoms with Crippen LogP contribution in [0.4, 0.5) is 0 Å². The van der Waals surface area contributed by atoms with Gasteiger partial charge in [-0.25, -0.2) is 0 Å². The molecule has 2 unspecified atom stereocenters. The van der Waals surface area contributed by atoms with Gasteiger partial charge in [-0.05, 0) is 19.9 Å². The number of carbonyl (C=O) groups excluding carboxylic acids is 1. The summed E-state index contributed by atoms with van der Waals surface area (Å²) in [7, 11) is 2.82. The maximum Gasteiger partial charge on any atom is 0.250 e. The highest BCUT2D eigenvalue weighted by Crippen LogP contribution is 2.33. The molecule has 0 rings (SSSR count). The van der Waals surface area contributed by atoms with E-state index >= 15 is 0 Å². The van der Waals surface area contributed by atoms with Crippen LogP contribution in [0, 0.1) is 5.41 Å². The summed E-state index contributed by atoms with van der Waals surface area (Å²) in [5.41, 5.74) is -0.268. The lowest BCUT2D eigenvalue weighted by atomic mass is 9.37. The summed E-state index contributed by atoms with van der Waals surface area (Å²) in [4.78, 5) is 13.5. The fourth-order valence-electron chi connectivity index (χ4n) is 3.65. The lowest BCUT2D eigenvalue weighted by molar-refractivity contribution is -0.131. The van der Waals surface area contributed by atoms with Gasteiger partial charge in [0.2, 0.25) is 20.2 Å². The second-order valence-electron chi connectivity index (χ2n) is 8.92. The first-order valence-electron chi connectivity index (χ1n) is 11.2. The van der Waals surface area contributed by atoms with Crippen LogP contribution in [0.3, 0.4) is 0 Å². The molecule has 0 aliphatic heterocycles. The van der Waals surface area contributed by atoms with E-state index in [1.165, 1.54) is 44.9 Å². The van der Waals surface area contributed by atoms with Crippen molar-refractivity contribution < 1.29 is 4.79 Å². The highest BCUT2D eigenvalue weighted by Gasteiger charge is 2.42. The Kier molecular flexibility index (Phi) is 16.3. The van der Waals surface area contributed by atoms with Crippen molar-refractivity contribution in [3.05, 3.63) is 0 Å². The minimum absolute atomic E-state index is 0.230. The van der Waals surface area contributed by atoms with Crippen molar-refractivity contribution in [3.63, 3.8) is 0 Å². The van der Waals surface area contributed by atoms with Gasteiger partial charge >= 0.3 is 0 Å². The minimum atomic E-state index is -0.304. The SMILES string of the molecule is CCCCCCCC(C)(CCCCCC)C(=O)NC(C)(BNI)B(C)N(C)I. The molecule has 2 N–H and O–H groups in total. The van der Waals surface area contributed by atoms with E-state index in [1.807, 2.05) is 0 Å². The summed E-state index contributed by atoms with van der Waals surface area (Å²) < 4.78 is 5.41. The molecule has 0 heterocycles. The van der Waals surface area contributed by atoms with Crippen LogP contribution in [0.15, 0.2) is 0 Å². The lowest BCUT2D eigenvalue weighted by Crippen LogP contribution is -2.67. The van der Waals surface area contributed by atoms with E-state index in [0.717, 1.165) is 33.1 Å². The van der Waals surface area contributed by atoms with Crippen LogP contribution in [-0.4, -0.2) is 35.6 Å². The van der Waals surface area contributed by atoms with E-state index < -0.39 is 0 Å². The molecule has 0 radical (unpaired) electrons. The second kappa shape index (κ2) is 15.7. The Bertz CT molecular complexity index is 432. The molecule has 2 atom stereocenters. The van der Waals surface area contributed by atoms with Crippen LogP contribution in [0.25, 0.3) is 0 Å². The first-order chi connectivity index (χ1) is 13.2. The van der Waals surface area contributed by atoms with Crippen molar-refractivity contribution in [1.29, 1.82) is 0 Å². The van der Waals surface area contributed by atoms with Gasteiger partial charge in [-0.15, -0.1) is 0 Å². The van der Waals surface area contributed by atoms with Crippen LogP contribution in [-0.2, 0) is 4.79 Å². The van der Waals surface area contributed by atoms with E-state index in [1.54, 1.807) is 0 Å². The van der Waals surface area contributed by atoms with Crippen molar-refractivity contribution in [2.75, 3.05) is 7.05 Å². The van der Waals surface area contributed by atoms with Crippen molar-refractivity contribution in [2.45, 2.75) is 110 Å². The Morgan fingerprint density at radius 2 is 1.46 bits per heavy atom. The van der Waals surface area contributed by atoms with Gasteiger partial charge in [-0.1, -0.05) is 92.3 Å². The zero-order valence-electron chi connectivity index (χ0n) is 19.2. The quantitative estimate of drug-likeness (QED) is 0.0928. The smallest absolute Gasteiger partial charge is 0.250 e. The molecule has 0 aromatic rings. The number of unbranched alkanes of at least 4 members (excludes halogenated alkanes) is 7. The molecule has 0 aliphatic carbocycles. The molecule has 0 aliphatic rings. The number of amides is 1. The van der Waals surface area contributed by atoms with Crippen molar-refractivity contribution in [1.82, 2.24) is 11.8 Å². The summed E-state index contributed by atoms with van der Waals surface area (Å²) in [6.07, 6.45) is 13.1. The number of rotatable bonds is 17. The molecule has 0 saturated heterocycles. The summed E-state index contributed by atoms with van der Waals surface area (Å²) in [6.45, 7) is 11.3. The predicted molar refractivity (Wildman–Crippen MR) is 144 cm³/mol. The van der Waals surface area contributed by atoms with Gasteiger partial charge in [0.15, 0.2) is 0 Å². The largest absolute Gasteiger partial charge is 0.362 e. The van der Waals surface area contributed by atoms with Gasteiger partial charge in [-0.2, -0.15) is 0 Å². The highest BCUT2D eigenvalue weighted by molar-refractivity contribution is 14.1. The van der Waals surface area contributed by atoms with Gasteiger partial charge < -0.3 is 8.76 Å². The monoisotopic (exact) mass is 617 g/mol. The van der Waals surface area contributed by atoms with Gasteiger partial charge in [0, 0.05) is 56.5 Å². The third-order valence-corrected chi connectivity index (χ3v) is 7.47. The molecule has 4 nitrogen and oxygen atoms in total. The molecular formula is C20H43B2I2N3O. The number of hydrogen-bond acceptors (Lipinski definition) is 3. The maximum atomic E-state index is 13.5. The first kappa shape index (κ1) is 29.0. The molecule has 1 amide bonds.